The first-order chi connectivity index (χ1) is 4.59. The van der Waals surface area contributed by atoms with Crippen LogP contribution in [0.2, 0.25) is 0 Å². The predicted octanol–water partition coefficient (Wildman–Crippen LogP) is -0.0768. The van der Waals surface area contributed by atoms with E-state index in [0.29, 0.717) is 0 Å². The maximum Gasteiger partial charge on any atom is 0.332 e. The number of aliphatic carboxylic acids is 1. The summed E-state index contributed by atoms with van der Waals surface area (Å²) < 4.78 is 0. The number of thiocarbonyl (C=S) groups is 1. The molecule has 56 valence electrons. The quantitative estimate of drug-likeness (QED) is 0.449. The molecule has 0 saturated heterocycles. The van der Waals surface area contributed by atoms with Gasteiger partial charge >= 0.3 is 5.97 Å². The Kier molecular flexibility index (Phi) is 3.79. The Morgan fingerprint density at radius 2 is 2.30 bits per heavy atom. The van der Waals surface area contributed by atoms with Gasteiger partial charge in [0.25, 0.3) is 0 Å². The molecule has 0 fully saturated rings. The maximum atomic E-state index is 10.2. The summed E-state index contributed by atoms with van der Waals surface area (Å²) in [7, 11) is 0. The second-order valence-electron chi connectivity index (χ2n) is 1.74. The summed E-state index contributed by atoms with van der Waals surface area (Å²) in [6.07, 6.45) is -1.03. The summed E-state index contributed by atoms with van der Waals surface area (Å²) in [4.78, 5) is 13.4. The fourth-order valence-corrected chi connectivity index (χ4v) is 0.540. The number of carboxylic acids is 1. The standard InChI is InChI=1S/C5H7NO3S/c1-3(7)4(5(8)9)6-2-10/h3-4,7H,1H3,(H,8,9). The molecule has 0 radical (unpaired) electrons. The SMILES string of the molecule is CC(O)C(N=C=S)C(=O)O. The van der Waals surface area contributed by atoms with Crippen molar-refractivity contribution in [2.24, 2.45) is 4.99 Å². The van der Waals surface area contributed by atoms with Gasteiger partial charge in [-0.25, -0.2) is 9.79 Å². The smallest absolute Gasteiger partial charge is 0.332 e. The molecule has 0 heterocycles. The third-order valence-corrected chi connectivity index (χ3v) is 1.01. The van der Waals surface area contributed by atoms with Crippen LogP contribution in [0.15, 0.2) is 4.99 Å². The number of nitrogens with zero attached hydrogens (tertiary/aromatic N) is 1. The van der Waals surface area contributed by atoms with Crippen LogP contribution < -0.4 is 0 Å². The Morgan fingerprint density at radius 1 is 1.80 bits per heavy atom. The summed E-state index contributed by atoms with van der Waals surface area (Å²) in [6.45, 7) is 1.33. The van der Waals surface area contributed by atoms with Gasteiger partial charge in [0, 0.05) is 0 Å². The van der Waals surface area contributed by atoms with Crippen LogP contribution in [0.25, 0.3) is 0 Å². The lowest BCUT2D eigenvalue weighted by Gasteiger charge is -2.06. The maximum absolute atomic E-state index is 10.2. The van der Waals surface area contributed by atoms with Gasteiger partial charge in [-0.2, -0.15) is 0 Å². The third kappa shape index (κ3) is 2.68. The van der Waals surface area contributed by atoms with Crippen molar-refractivity contribution in [2.75, 3.05) is 0 Å². The topological polar surface area (TPSA) is 69.9 Å². The molecular formula is C5H7NO3S. The molecule has 0 aromatic heterocycles. The Hall–Kier alpha value is -0.770. The molecule has 5 heteroatoms. The number of aliphatic imine (C=N–C) groups is 1. The fraction of sp³-hybridized carbons (Fsp3) is 0.600. The van der Waals surface area contributed by atoms with Gasteiger partial charge in [-0.15, -0.1) is 0 Å². The van der Waals surface area contributed by atoms with Crippen LogP contribution >= 0.6 is 12.2 Å². The lowest BCUT2D eigenvalue weighted by atomic mass is 10.2. The van der Waals surface area contributed by atoms with Crippen molar-refractivity contribution in [1.82, 2.24) is 0 Å². The van der Waals surface area contributed by atoms with Gasteiger partial charge in [0.05, 0.1) is 11.3 Å². The number of carbonyl (C=O) groups is 1. The minimum atomic E-state index is -1.20. The molecule has 0 aliphatic heterocycles. The van der Waals surface area contributed by atoms with Crippen molar-refractivity contribution in [1.29, 1.82) is 0 Å². The van der Waals surface area contributed by atoms with E-state index in [1.807, 2.05) is 5.16 Å². The van der Waals surface area contributed by atoms with E-state index < -0.39 is 18.1 Å². The number of hydrogen-bond donors (Lipinski definition) is 2. The van der Waals surface area contributed by atoms with Crippen LogP contribution in [0.4, 0.5) is 0 Å². The number of aliphatic hydroxyl groups is 1. The van der Waals surface area contributed by atoms with E-state index in [1.165, 1.54) is 6.92 Å². The zero-order valence-corrected chi connectivity index (χ0v) is 6.13. The predicted molar refractivity (Wildman–Crippen MR) is 38.1 cm³/mol. The Morgan fingerprint density at radius 3 is 2.40 bits per heavy atom. The average Bonchev–Trinajstić information content (AvgIpc) is 1.81. The second-order valence-corrected chi connectivity index (χ2v) is 1.93. The monoisotopic (exact) mass is 161 g/mol. The molecule has 10 heavy (non-hydrogen) atoms. The fourth-order valence-electron chi connectivity index (χ4n) is 0.426. The molecular weight excluding hydrogens is 154 g/mol. The first-order valence-corrected chi connectivity index (χ1v) is 2.98. The number of carboxylic acid groups (broad SMARTS) is 1. The molecule has 0 saturated carbocycles. The number of hydrogen-bond acceptors (Lipinski definition) is 4. The molecule has 0 aliphatic rings. The van der Waals surface area contributed by atoms with Gasteiger partial charge in [-0.05, 0) is 19.1 Å². The van der Waals surface area contributed by atoms with Gasteiger partial charge in [0.15, 0.2) is 6.04 Å². The van der Waals surface area contributed by atoms with Crippen molar-refractivity contribution in [3.8, 4) is 0 Å². The molecule has 0 spiro atoms. The highest BCUT2D eigenvalue weighted by atomic mass is 32.1. The molecule has 2 atom stereocenters. The van der Waals surface area contributed by atoms with E-state index in [1.54, 1.807) is 0 Å². The van der Waals surface area contributed by atoms with Crippen LogP contribution in [0.3, 0.4) is 0 Å². The van der Waals surface area contributed by atoms with E-state index in [9.17, 15) is 4.79 Å². The van der Waals surface area contributed by atoms with Crippen LogP contribution in [0, 0.1) is 0 Å². The Balaban J connectivity index is 4.26. The molecule has 0 amide bonds. The zero-order valence-electron chi connectivity index (χ0n) is 5.31. The van der Waals surface area contributed by atoms with Crippen LogP contribution in [0.5, 0.6) is 0 Å². The first kappa shape index (κ1) is 9.23. The van der Waals surface area contributed by atoms with Crippen LogP contribution in [-0.4, -0.2) is 33.5 Å². The van der Waals surface area contributed by atoms with Gasteiger partial charge < -0.3 is 10.2 Å². The molecule has 0 aromatic carbocycles. The van der Waals surface area contributed by atoms with Crippen molar-refractivity contribution in [3.63, 3.8) is 0 Å². The highest BCUT2D eigenvalue weighted by Crippen LogP contribution is 1.96. The third-order valence-electron chi connectivity index (χ3n) is 0.902. The first-order valence-electron chi connectivity index (χ1n) is 2.57. The van der Waals surface area contributed by atoms with Gasteiger partial charge in [-0.3, -0.25) is 0 Å². The molecule has 0 aromatic rings. The largest absolute Gasteiger partial charge is 0.480 e. The normalized spacial score (nSPS) is 15.0. The summed E-state index contributed by atoms with van der Waals surface area (Å²) in [5, 5.41) is 19.0. The molecule has 0 aliphatic carbocycles. The van der Waals surface area contributed by atoms with E-state index in [4.69, 9.17) is 10.2 Å². The van der Waals surface area contributed by atoms with Gasteiger partial charge in [0.2, 0.25) is 0 Å². The summed E-state index contributed by atoms with van der Waals surface area (Å²) >= 11 is 4.18. The van der Waals surface area contributed by atoms with E-state index in [2.05, 4.69) is 17.2 Å². The Bertz CT molecular complexity index is 172. The summed E-state index contributed by atoms with van der Waals surface area (Å²) in [5.74, 6) is -1.20. The molecule has 2 unspecified atom stereocenters. The zero-order chi connectivity index (χ0) is 8.15. The molecule has 0 bridgehead atoms. The summed E-state index contributed by atoms with van der Waals surface area (Å²) in [6, 6.07) is -1.18. The van der Waals surface area contributed by atoms with Crippen molar-refractivity contribution in [2.45, 2.75) is 19.1 Å². The lowest BCUT2D eigenvalue weighted by Crippen LogP contribution is -2.29. The average molecular weight is 161 g/mol. The van der Waals surface area contributed by atoms with Crippen molar-refractivity contribution >= 4 is 23.3 Å². The van der Waals surface area contributed by atoms with Crippen molar-refractivity contribution in [3.05, 3.63) is 0 Å². The van der Waals surface area contributed by atoms with Crippen LogP contribution in [-0.2, 0) is 4.79 Å². The second kappa shape index (κ2) is 4.11. The summed E-state index contributed by atoms with van der Waals surface area (Å²) in [5.41, 5.74) is 0. The van der Waals surface area contributed by atoms with Crippen LogP contribution in [0.1, 0.15) is 6.92 Å². The van der Waals surface area contributed by atoms with E-state index in [0.717, 1.165) is 0 Å². The number of rotatable bonds is 3. The number of aliphatic hydroxyl groups excluding tert-OH is 1. The van der Waals surface area contributed by atoms with E-state index >= 15 is 0 Å². The lowest BCUT2D eigenvalue weighted by molar-refractivity contribution is -0.140. The molecule has 4 nitrogen and oxygen atoms in total. The van der Waals surface area contributed by atoms with E-state index in [-0.39, 0.29) is 0 Å². The molecule has 0 rings (SSSR count). The van der Waals surface area contributed by atoms with Crippen molar-refractivity contribution < 1.29 is 15.0 Å². The minimum absolute atomic E-state index is 1.03. The highest BCUT2D eigenvalue weighted by molar-refractivity contribution is 7.78. The number of isothiocyanates is 1. The Labute approximate surface area is 63.2 Å². The van der Waals surface area contributed by atoms with Gasteiger partial charge in [-0.1, -0.05) is 0 Å². The highest BCUT2D eigenvalue weighted by Gasteiger charge is 2.20. The van der Waals surface area contributed by atoms with Gasteiger partial charge in [0.1, 0.15) is 0 Å². The minimum Gasteiger partial charge on any atom is -0.480 e. The molecule has 2 N–H and O–H groups in total.